The Balaban J connectivity index is 2.30. The van der Waals surface area contributed by atoms with Crippen molar-refractivity contribution in [2.45, 2.75) is 72.1 Å². The van der Waals surface area contributed by atoms with Crippen LogP contribution in [-0.4, -0.2) is 32.5 Å². The van der Waals surface area contributed by atoms with Crippen LogP contribution in [0.15, 0.2) is 51.7 Å². The third-order valence-electron chi connectivity index (χ3n) is 5.84. The van der Waals surface area contributed by atoms with E-state index in [0.29, 0.717) is 48.5 Å². The molecule has 1 aliphatic rings. The lowest BCUT2D eigenvalue weighted by Crippen LogP contribution is -2.32. The lowest BCUT2D eigenvalue weighted by Gasteiger charge is -2.25. The molecule has 0 radical (unpaired) electrons. The van der Waals surface area contributed by atoms with Crippen molar-refractivity contribution >= 4 is 21.7 Å². The van der Waals surface area contributed by atoms with Crippen molar-refractivity contribution in [2.75, 3.05) is 13.1 Å². The standard InChI is InChI=1S/C27H38F2N2O2S/c1-7-10-21(12-11-20(4)34(6,33)31(15-8-2)16-9-3)17-22-13-14-25-23(18-22)24(27(5,28)29)19-26(32)30-25/h10-12,18-19H,4,6-9,13-17H2,1-3,5H3,(H,30,32)/b12-11-,21-10+. The molecule has 0 amide bonds. The minimum Gasteiger partial charge on any atom is -0.326 e. The Morgan fingerprint density at radius 3 is 2.41 bits per heavy atom. The van der Waals surface area contributed by atoms with Gasteiger partial charge in [-0.2, -0.15) is 0 Å². The first-order chi connectivity index (χ1) is 15.9. The number of allylic oxidation sites excluding steroid dienone is 5. The smallest absolute Gasteiger partial charge is 0.271 e. The normalized spacial score (nSPS) is 16.4. The van der Waals surface area contributed by atoms with Crippen LogP contribution in [0.2, 0.25) is 0 Å². The van der Waals surface area contributed by atoms with Crippen molar-refractivity contribution < 1.29 is 13.0 Å². The van der Waals surface area contributed by atoms with Gasteiger partial charge in [0, 0.05) is 47.8 Å². The Hall–Kier alpha value is -2.25. The largest absolute Gasteiger partial charge is 0.326 e. The molecule has 0 saturated carbocycles. The van der Waals surface area contributed by atoms with Crippen LogP contribution in [0, 0.1) is 0 Å². The van der Waals surface area contributed by atoms with E-state index in [-0.39, 0.29) is 5.56 Å². The van der Waals surface area contributed by atoms with Crippen LogP contribution in [0.1, 0.15) is 76.6 Å². The van der Waals surface area contributed by atoms with E-state index >= 15 is 0 Å². The zero-order valence-corrected chi connectivity index (χ0v) is 21.7. The number of hydrogen-bond donors (Lipinski definition) is 1. The van der Waals surface area contributed by atoms with Gasteiger partial charge in [0.1, 0.15) is 0 Å². The van der Waals surface area contributed by atoms with Crippen LogP contribution in [0.3, 0.4) is 0 Å². The molecule has 0 aromatic carbocycles. The number of hydrogen-bond acceptors (Lipinski definition) is 2. The van der Waals surface area contributed by atoms with E-state index in [2.05, 4.69) is 23.5 Å². The van der Waals surface area contributed by atoms with E-state index in [4.69, 9.17) is 0 Å². The molecule has 1 heterocycles. The van der Waals surface area contributed by atoms with Crippen molar-refractivity contribution in [1.29, 1.82) is 0 Å². The fraction of sp³-hybridized carbons (Fsp3) is 0.481. The van der Waals surface area contributed by atoms with E-state index in [9.17, 15) is 17.8 Å². The topological polar surface area (TPSA) is 53.2 Å². The summed E-state index contributed by atoms with van der Waals surface area (Å²) >= 11 is 0. The second-order valence-corrected chi connectivity index (χ2v) is 11.2. The number of aromatic nitrogens is 1. The second kappa shape index (κ2) is 11.9. The maximum absolute atomic E-state index is 14.2. The van der Waals surface area contributed by atoms with Crippen molar-refractivity contribution in [3.8, 4) is 0 Å². The molecular formula is C27H38F2N2O2S. The highest BCUT2D eigenvalue weighted by molar-refractivity contribution is 8.01. The molecule has 1 N–H and O–H groups in total. The molecule has 188 valence electrons. The molecule has 1 aromatic heterocycles. The number of alkyl halides is 2. The number of aryl methyl sites for hydroxylation is 1. The van der Waals surface area contributed by atoms with Gasteiger partial charge in [0.25, 0.3) is 5.92 Å². The van der Waals surface area contributed by atoms with Crippen molar-refractivity contribution in [2.24, 2.45) is 0 Å². The molecule has 1 aliphatic carbocycles. The number of halogens is 2. The first-order valence-electron chi connectivity index (χ1n) is 12.0. The molecule has 1 unspecified atom stereocenters. The maximum Gasteiger partial charge on any atom is 0.271 e. The van der Waals surface area contributed by atoms with Crippen LogP contribution in [0.25, 0.3) is 6.08 Å². The van der Waals surface area contributed by atoms with Crippen LogP contribution in [0.5, 0.6) is 0 Å². The van der Waals surface area contributed by atoms with Crippen molar-refractivity contribution in [1.82, 2.24) is 9.29 Å². The van der Waals surface area contributed by atoms with Gasteiger partial charge in [-0.3, -0.25) is 4.79 Å². The van der Waals surface area contributed by atoms with Crippen LogP contribution < -0.4 is 5.56 Å². The number of fused-ring (bicyclic) bond motifs is 1. The molecule has 0 bridgehead atoms. The summed E-state index contributed by atoms with van der Waals surface area (Å²) in [5, 5.41) is 0. The van der Waals surface area contributed by atoms with Gasteiger partial charge in [-0.05, 0) is 56.0 Å². The van der Waals surface area contributed by atoms with Crippen LogP contribution in [0.4, 0.5) is 8.78 Å². The summed E-state index contributed by atoms with van der Waals surface area (Å²) in [4.78, 5) is 15.0. The van der Waals surface area contributed by atoms with Crippen molar-refractivity contribution in [3.63, 3.8) is 0 Å². The SMILES string of the molecule is C=C(/C=C\C(=C/CC)CC1=Cc2c(C(C)(F)F)cc(=O)[nH]c2CC1)S(=C)(=O)N(CCC)CCC. The first-order valence-corrected chi connectivity index (χ1v) is 13.6. The summed E-state index contributed by atoms with van der Waals surface area (Å²) < 4.78 is 43.6. The number of H-pyrrole nitrogens is 1. The van der Waals surface area contributed by atoms with E-state index < -0.39 is 21.2 Å². The Morgan fingerprint density at radius 1 is 1.21 bits per heavy atom. The zero-order valence-electron chi connectivity index (χ0n) is 20.9. The Bertz CT molecular complexity index is 1130. The van der Waals surface area contributed by atoms with Crippen LogP contribution in [-0.2, 0) is 22.1 Å². The molecule has 0 spiro atoms. The van der Waals surface area contributed by atoms with Gasteiger partial charge < -0.3 is 4.98 Å². The van der Waals surface area contributed by atoms with Gasteiger partial charge in [0.05, 0.1) is 9.71 Å². The highest BCUT2D eigenvalue weighted by Crippen LogP contribution is 2.35. The number of aromatic amines is 1. The number of pyridine rings is 1. The summed E-state index contributed by atoms with van der Waals surface area (Å²) in [6, 6.07) is 0.994. The molecule has 34 heavy (non-hydrogen) atoms. The van der Waals surface area contributed by atoms with Gasteiger partial charge in [-0.1, -0.05) is 51.2 Å². The van der Waals surface area contributed by atoms with Gasteiger partial charge in [-0.25, -0.2) is 17.3 Å². The number of nitrogens with zero attached hydrogens (tertiary/aromatic N) is 1. The van der Waals surface area contributed by atoms with Gasteiger partial charge in [-0.15, -0.1) is 0 Å². The minimum atomic E-state index is -3.10. The molecule has 2 rings (SSSR count). The summed E-state index contributed by atoms with van der Waals surface area (Å²) in [5.74, 6) is 0.881. The zero-order chi connectivity index (χ0) is 25.5. The second-order valence-electron chi connectivity index (χ2n) is 8.86. The number of nitrogens with one attached hydrogen (secondary N) is 1. The Kier molecular flexibility index (Phi) is 9.83. The monoisotopic (exact) mass is 492 g/mol. The first kappa shape index (κ1) is 28.0. The van der Waals surface area contributed by atoms with E-state index in [0.717, 1.165) is 43.4 Å². The molecule has 4 nitrogen and oxygen atoms in total. The lowest BCUT2D eigenvalue weighted by atomic mass is 9.88. The third kappa shape index (κ3) is 7.12. The third-order valence-corrected chi connectivity index (χ3v) is 7.99. The predicted octanol–water partition coefficient (Wildman–Crippen LogP) is 6.37. The van der Waals surface area contributed by atoms with Gasteiger partial charge in [0.2, 0.25) is 5.56 Å². The minimum absolute atomic E-state index is 0.239. The average molecular weight is 493 g/mol. The highest BCUT2D eigenvalue weighted by Gasteiger charge is 2.30. The Morgan fingerprint density at radius 2 is 1.85 bits per heavy atom. The summed E-state index contributed by atoms with van der Waals surface area (Å²) in [6.45, 7) is 12.4. The van der Waals surface area contributed by atoms with Gasteiger partial charge >= 0.3 is 0 Å². The molecule has 0 saturated heterocycles. The van der Waals surface area contributed by atoms with Crippen LogP contribution >= 0.6 is 0 Å². The summed E-state index contributed by atoms with van der Waals surface area (Å²) in [7, 11) is -2.64. The summed E-state index contributed by atoms with van der Waals surface area (Å²) in [6.07, 6.45) is 11.9. The molecule has 7 heteroatoms. The molecule has 0 fully saturated rings. The molecular weight excluding hydrogens is 454 g/mol. The summed E-state index contributed by atoms with van der Waals surface area (Å²) in [5.41, 5.74) is 2.23. The number of rotatable bonds is 12. The predicted molar refractivity (Wildman–Crippen MR) is 142 cm³/mol. The van der Waals surface area contributed by atoms with E-state index in [1.165, 1.54) is 0 Å². The quantitative estimate of drug-likeness (QED) is 0.272. The van der Waals surface area contributed by atoms with Crippen molar-refractivity contribution in [3.05, 3.63) is 74.1 Å². The average Bonchev–Trinajstić information content (AvgIpc) is 2.76. The highest BCUT2D eigenvalue weighted by atomic mass is 32.2. The molecule has 1 aromatic rings. The Labute approximate surface area is 203 Å². The van der Waals surface area contributed by atoms with Gasteiger partial charge in [0.15, 0.2) is 0 Å². The lowest BCUT2D eigenvalue weighted by molar-refractivity contribution is 0.0169. The van der Waals surface area contributed by atoms with E-state index in [1.807, 2.05) is 31.2 Å². The molecule has 1 atom stereocenters. The fourth-order valence-corrected chi connectivity index (χ4v) is 5.72. The maximum atomic E-state index is 14.2. The fourth-order valence-electron chi connectivity index (χ4n) is 4.15. The molecule has 0 aliphatic heterocycles. The van der Waals surface area contributed by atoms with E-state index in [1.54, 1.807) is 12.2 Å².